The number of nitrogens with two attached hydrogens (primary N) is 1. The van der Waals surface area contributed by atoms with Crippen LogP contribution in [0.2, 0.25) is 0 Å². The summed E-state index contributed by atoms with van der Waals surface area (Å²) in [7, 11) is -1.93. The maximum Gasteiger partial charge on any atom is 0.304 e. The van der Waals surface area contributed by atoms with Crippen LogP contribution in [-0.2, 0) is 14.8 Å². The Morgan fingerprint density at radius 1 is 1.35 bits per heavy atom. The Bertz CT molecular complexity index is 361. The molecular weight excluding hydrogens is 244 g/mol. The van der Waals surface area contributed by atoms with Gasteiger partial charge in [-0.2, -0.15) is 0 Å². The van der Waals surface area contributed by atoms with E-state index in [0.29, 0.717) is 0 Å². The highest BCUT2D eigenvalue weighted by Crippen LogP contribution is 2.23. The van der Waals surface area contributed by atoms with E-state index in [4.69, 9.17) is 10.8 Å². The quantitative estimate of drug-likeness (QED) is 0.727. The molecule has 7 heteroatoms. The van der Waals surface area contributed by atoms with Gasteiger partial charge in [0, 0.05) is 19.1 Å². The molecule has 0 bridgehead atoms. The van der Waals surface area contributed by atoms with Crippen molar-refractivity contribution in [1.29, 1.82) is 0 Å². The average molecular weight is 264 g/mol. The lowest BCUT2D eigenvalue weighted by Gasteiger charge is -2.32. The van der Waals surface area contributed by atoms with Crippen molar-refractivity contribution in [2.24, 2.45) is 5.73 Å². The maximum absolute atomic E-state index is 11.8. The predicted molar refractivity (Wildman–Crippen MR) is 64.0 cm³/mol. The third kappa shape index (κ3) is 4.25. The molecule has 0 atom stereocenters. The van der Waals surface area contributed by atoms with Gasteiger partial charge in [0.2, 0.25) is 10.0 Å². The third-order valence-corrected chi connectivity index (χ3v) is 5.16. The molecule has 17 heavy (non-hydrogen) atoms. The molecule has 6 nitrogen and oxygen atoms in total. The topological polar surface area (TPSA) is 101 Å². The number of rotatable bonds is 5. The van der Waals surface area contributed by atoms with Gasteiger partial charge < -0.3 is 10.8 Å². The van der Waals surface area contributed by atoms with Crippen molar-refractivity contribution in [2.45, 2.75) is 44.2 Å². The molecule has 0 saturated heterocycles. The van der Waals surface area contributed by atoms with Crippen molar-refractivity contribution in [3.05, 3.63) is 0 Å². The Balaban J connectivity index is 2.56. The van der Waals surface area contributed by atoms with Crippen LogP contribution in [0.1, 0.15) is 32.1 Å². The predicted octanol–water partition coefficient (Wildman–Crippen LogP) is -0.00740. The van der Waals surface area contributed by atoms with Gasteiger partial charge in [-0.1, -0.05) is 0 Å². The second-order valence-electron chi connectivity index (χ2n) is 4.54. The normalized spacial score (nSPS) is 26.1. The molecular formula is C10H20N2O4S. The monoisotopic (exact) mass is 264 g/mol. The van der Waals surface area contributed by atoms with Crippen molar-refractivity contribution in [3.63, 3.8) is 0 Å². The molecule has 3 N–H and O–H groups in total. The van der Waals surface area contributed by atoms with Crippen molar-refractivity contribution >= 4 is 16.0 Å². The van der Waals surface area contributed by atoms with Crippen LogP contribution in [0, 0.1) is 0 Å². The summed E-state index contributed by atoms with van der Waals surface area (Å²) in [5, 5.41) is 8.50. The molecule has 1 saturated carbocycles. The summed E-state index contributed by atoms with van der Waals surface area (Å²) in [6, 6.07) is 0.134. The molecule has 0 spiro atoms. The van der Waals surface area contributed by atoms with E-state index < -0.39 is 16.0 Å². The van der Waals surface area contributed by atoms with Crippen LogP contribution in [0.15, 0.2) is 0 Å². The number of nitrogens with zero attached hydrogens (tertiary/aromatic N) is 1. The van der Waals surface area contributed by atoms with Gasteiger partial charge in [-0.25, -0.2) is 12.7 Å². The summed E-state index contributed by atoms with van der Waals surface area (Å²) >= 11 is 0. The lowest BCUT2D eigenvalue weighted by molar-refractivity contribution is -0.136. The third-order valence-electron chi connectivity index (χ3n) is 3.27. The zero-order valence-electron chi connectivity index (χ0n) is 10.0. The molecule has 0 unspecified atom stereocenters. The number of aliphatic carboxylic acids is 1. The van der Waals surface area contributed by atoms with Gasteiger partial charge in [0.05, 0.1) is 12.2 Å². The fourth-order valence-electron chi connectivity index (χ4n) is 2.05. The van der Waals surface area contributed by atoms with E-state index in [1.54, 1.807) is 0 Å². The van der Waals surface area contributed by atoms with Crippen LogP contribution in [-0.4, -0.2) is 48.7 Å². The van der Waals surface area contributed by atoms with Crippen LogP contribution in [0.5, 0.6) is 0 Å². The van der Waals surface area contributed by atoms with Gasteiger partial charge in [-0.15, -0.1) is 0 Å². The molecule has 1 aliphatic rings. The van der Waals surface area contributed by atoms with Crippen LogP contribution in [0.25, 0.3) is 0 Å². The fourth-order valence-corrected chi connectivity index (χ4v) is 3.44. The Kier molecular flexibility index (Phi) is 4.91. The minimum absolute atomic E-state index is 0.0337. The molecule has 0 aromatic heterocycles. The molecule has 1 rings (SSSR count). The van der Waals surface area contributed by atoms with Crippen LogP contribution >= 0.6 is 0 Å². The summed E-state index contributed by atoms with van der Waals surface area (Å²) in [4.78, 5) is 10.4. The highest BCUT2D eigenvalue weighted by atomic mass is 32.2. The van der Waals surface area contributed by atoms with Gasteiger partial charge in [-0.05, 0) is 25.7 Å². The molecule has 0 radical (unpaired) electrons. The summed E-state index contributed by atoms with van der Waals surface area (Å²) < 4.78 is 25.0. The lowest BCUT2D eigenvalue weighted by Crippen LogP contribution is -2.42. The van der Waals surface area contributed by atoms with Crippen LogP contribution in [0.4, 0.5) is 0 Å². The number of carboxylic acids is 1. The SMILES string of the molecule is CN(C1CCC(N)CC1)S(=O)(=O)CCC(=O)O. The Labute approximate surface area is 102 Å². The van der Waals surface area contributed by atoms with Gasteiger partial charge in [0.25, 0.3) is 0 Å². The zero-order chi connectivity index (χ0) is 13.1. The van der Waals surface area contributed by atoms with E-state index in [-0.39, 0.29) is 24.3 Å². The zero-order valence-corrected chi connectivity index (χ0v) is 10.8. The van der Waals surface area contributed by atoms with Crippen LogP contribution in [0.3, 0.4) is 0 Å². The van der Waals surface area contributed by atoms with Gasteiger partial charge in [0.1, 0.15) is 0 Å². The first kappa shape index (κ1) is 14.4. The summed E-state index contributed by atoms with van der Waals surface area (Å²) in [5.41, 5.74) is 5.76. The molecule has 0 aromatic carbocycles. The molecule has 100 valence electrons. The van der Waals surface area contributed by atoms with E-state index in [9.17, 15) is 13.2 Å². The Hall–Kier alpha value is -0.660. The largest absolute Gasteiger partial charge is 0.481 e. The minimum atomic E-state index is -3.46. The lowest BCUT2D eigenvalue weighted by atomic mass is 9.92. The van der Waals surface area contributed by atoms with Crippen molar-refractivity contribution in [2.75, 3.05) is 12.8 Å². The van der Waals surface area contributed by atoms with E-state index in [2.05, 4.69) is 0 Å². The van der Waals surface area contributed by atoms with E-state index in [1.165, 1.54) is 11.4 Å². The molecule has 0 heterocycles. The molecule has 1 fully saturated rings. The summed E-state index contributed by atoms with van der Waals surface area (Å²) in [6.07, 6.45) is 2.81. The number of carboxylic acid groups (broad SMARTS) is 1. The van der Waals surface area contributed by atoms with Crippen molar-refractivity contribution < 1.29 is 18.3 Å². The smallest absolute Gasteiger partial charge is 0.304 e. The number of carbonyl (C=O) groups is 1. The van der Waals surface area contributed by atoms with E-state index in [0.717, 1.165) is 25.7 Å². The van der Waals surface area contributed by atoms with Crippen LogP contribution < -0.4 is 5.73 Å². The Morgan fingerprint density at radius 3 is 2.35 bits per heavy atom. The second-order valence-corrected chi connectivity index (χ2v) is 6.69. The number of hydrogen-bond acceptors (Lipinski definition) is 4. The van der Waals surface area contributed by atoms with E-state index in [1.807, 2.05) is 0 Å². The van der Waals surface area contributed by atoms with Gasteiger partial charge in [0.15, 0.2) is 0 Å². The summed E-state index contributed by atoms with van der Waals surface area (Å²) in [5.74, 6) is -1.42. The fraction of sp³-hybridized carbons (Fsp3) is 0.900. The number of sulfonamides is 1. The molecule has 0 amide bonds. The standard InChI is InChI=1S/C10H20N2O4S/c1-12(9-4-2-8(11)3-5-9)17(15,16)7-6-10(13)14/h8-9H,2-7,11H2,1H3,(H,13,14). The molecule has 1 aliphatic carbocycles. The first-order valence-corrected chi connectivity index (χ1v) is 7.37. The first-order valence-electron chi connectivity index (χ1n) is 5.76. The van der Waals surface area contributed by atoms with Gasteiger partial charge in [-0.3, -0.25) is 4.79 Å². The highest BCUT2D eigenvalue weighted by molar-refractivity contribution is 7.89. The first-order chi connectivity index (χ1) is 7.83. The average Bonchev–Trinajstić information content (AvgIpc) is 2.27. The minimum Gasteiger partial charge on any atom is -0.481 e. The second kappa shape index (κ2) is 5.79. The van der Waals surface area contributed by atoms with E-state index >= 15 is 0 Å². The number of hydrogen-bond donors (Lipinski definition) is 2. The Morgan fingerprint density at radius 2 is 1.88 bits per heavy atom. The highest BCUT2D eigenvalue weighted by Gasteiger charge is 2.29. The summed E-state index contributed by atoms with van der Waals surface area (Å²) in [6.45, 7) is 0. The maximum atomic E-state index is 11.8. The molecule has 0 aliphatic heterocycles. The molecule has 0 aromatic rings. The van der Waals surface area contributed by atoms with Crippen molar-refractivity contribution in [1.82, 2.24) is 4.31 Å². The van der Waals surface area contributed by atoms with Crippen molar-refractivity contribution in [3.8, 4) is 0 Å². The van der Waals surface area contributed by atoms with Gasteiger partial charge >= 0.3 is 5.97 Å².